The summed E-state index contributed by atoms with van der Waals surface area (Å²) in [7, 11) is 0. The molecule has 0 atom stereocenters. The maximum Gasteiger partial charge on any atom is 0.222 e. The number of hydrogen-bond donors (Lipinski definition) is 0. The Morgan fingerprint density at radius 2 is 1.35 bits per heavy atom. The van der Waals surface area contributed by atoms with Crippen LogP contribution >= 0.6 is 0 Å². The van der Waals surface area contributed by atoms with Gasteiger partial charge in [0.1, 0.15) is 0 Å². The average Bonchev–Trinajstić information content (AvgIpc) is 2.46. The minimum atomic E-state index is 0.328. The molecule has 0 aliphatic rings. The predicted molar refractivity (Wildman–Crippen MR) is 88.9 cm³/mol. The molecule has 0 heterocycles. The Morgan fingerprint density at radius 3 is 1.95 bits per heavy atom. The third-order valence-corrected chi connectivity index (χ3v) is 3.77. The summed E-state index contributed by atoms with van der Waals surface area (Å²) >= 11 is 0. The van der Waals surface area contributed by atoms with Crippen LogP contribution < -0.4 is 0 Å². The fourth-order valence-electron chi connectivity index (χ4n) is 2.36. The topological polar surface area (TPSA) is 20.3 Å². The number of amides is 1. The standard InChI is InChI=1S/C18H35NO/c1-4-7-8-9-10-11-12-13-14-15-16-17-18(20)19(5-2)6-3/h9-10H,4-8,11-17H2,1-3H3. The van der Waals surface area contributed by atoms with Gasteiger partial charge in [-0.15, -0.1) is 0 Å². The molecule has 0 aliphatic carbocycles. The highest BCUT2D eigenvalue weighted by molar-refractivity contribution is 5.75. The molecule has 0 rings (SSSR count). The Hall–Kier alpha value is -0.790. The highest BCUT2D eigenvalue weighted by atomic mass is 16.2. The van der Waals surface area contributed by atoms with Crippen LogP contribution in [-0.2, 0) is 4.79 Å². The second-order valence-corrected chi connectivity index (χ2v) is 5.49. The molecular formula is C18H35NO. The molecule has 0 saturated heterocycles. The van der Waals surface area contributed by atoms with E-state index in [-0.39, 0.29) is 0 Å². The lowest BCUT2D eigenvalue weighted by Crippen LogP contribution is -2.30. The van der Waals surface area contributed by atoms with E-state index in [9.17, 15) is 4.79 Å². The van der Waals surface area contributed by atoms with Crippen LogP contribution in [0.4, 0.5) is 0 Å². The lowest BCUT2D eigenvalue weighted by Gasteiger charge is -2.18. The van der Waals surface area contributed by atoms with Gasteiger partial charge >= 0.3 is 0 Å². The third-order valence-electron chi connectivity index (χ3n) is 3.77. The highest BCUT2D eigenvalue weighted by Crippen LogP contribution is 2.09. The van der Waals surface area contributed by atoms with E-state index in [1.54, 1.807) is 0 Å². The third kappa shape index (κ3) is 11.1. The monoisotopic (exact) mass is 281 g/mol. The first-order valence-electron chi connectivity index (χ1n) is 8.68. The van der Waals surface area contributed by atoms with Crippen LogP contribution in [0.1, 0.15) is 85.0 Å². The molecule has 2 heteroatoms. The van der Waals surface area contributed by atoms with Gasteiger partial charge in [0.05, 0.1) is 0 Å². The Morgan fingerprint density at radius 1 is 0.800 bits per heavy atom. The van der Waals surface area contributed by atoms with E-state index in [1.165, 1.54) is 51.4 Å². The molecule has 0 spiro atoms. The molecule has 0 aromatic rings. The summed E-state index contributed by atoms with van der Waals surface area (Å²) in [6, 6.07) is 0. The van der Waals surface area contributed by atoms with Crippen molar-refractivity contribution in [3.8, 4) is 0 Å². The molecule has 2 nitrogen and oxygen atoms in total. The molecule has 0 fully saturated rings. The van der Waals surface area contributed by atoms with Crippen molar-refractivity contribution in [1.82, 2.24) is 4.90 Å². The fraction of sp³-hybridized carbons (Fsp3) is 0.833. The minimum absolute atomic E-state index is 0.328. The number of unbranched alkanes of at least 4 members (excludes halogenated alkanes) is 7. The zero-order chi connectivity index (χ0) is 15.1. The molecule has 118 valence electrons. The fourth-order valence-corrected chi connectivity index (χ4v) is 2.36. The zero-order valence-electron chi connectivity index (χ0n) is 14.0. The number of nitrogens with zero attached hydrogens (tertiary/aromatic N) is 1. The molecule has 0 unspecified atom stereocenters. The normalized spacial score (nSPS) is 11.2. The number of allylic oxidation sites excluding steroid dienone is 2. The molecule has 1 amide bonds. The van der Waals surface area contributed by atoms with Crippen LogP contribution in [0.25, 0.3) is 0 Å². The van der Waals surface area contributed by atoms with E-state index in [0.717, 1.165) is 25.9 Å². The van der Waals surface area contributed by atoms with Crippen LogP contribution in [0, 0.1) is 0 Å². The van der Waals surface area contributed by atoms with Crippen LogP contribution in [-0.4, -0.2) is 23.9 Å². The first-order valence-corrected chi connectivity index (χ1v) is 8.68. The summed E-state index contributed by atoms with van der Waals surface area (Å²) in [4.78, 5) is 13.7. The van der Waals surface area contributed by atoms with Gasteiger partial charge in [-0.2, -0.15) is 0 Å². The lowest BCUT2D eigenvalue weighted by molar-refractivity contribution is -0.130. The number of carbonyl (C=O) groups excluding carboxylic acids is 1. The molecule has 0 aromatic heterocycles. The average molecular weight is 281 g/mol. The van der Waals surface area contributed by atoms with Crippen molar-refractivity contribution >= 4 is 5.91 Å². The van der Waals surface area contributed by atoms with Gasteiger partial charge in [0.25, 0.3) is 0 Å². The Bertz CT molecular complexity index is 244. The van der Waals surface area contributed by atoms with Gasteiger partial charge in [0.15, 0.2) is 0 Å². The molecule has 0 bridgehead atoms. The van der Waals surface area contributed by atoms with Crippen molar-refractivity contribution < 1.29 is 4.79 Å². The van der Waals surface area contributed by atoms with Crippen LogP contribution in [0.2, 0.25) is 0 Å². The molecule has 0 radical (unpaired) electrons. The first kappa shape index (κ1) is 19.2. The van der Waals surface area contributed by atoms with Gasteiger partial charge in [-0.3, -0.25) is 4.79 Å². The molecule has 20 heavy (non-hydrogen) atoms. The van der Waals surface area contributed by atoms with Gasteiger partial charge in [-0.05, 0) is 39.5 Å². The largest absolute Gasteiger partial charge is 0.343 e. The van der Waals surface area contributed by atoms with Crippen LogP contribution in [0.5, 0.6) is 0 Å². The molecule has 0 N–H and O–H groups in total. The van der Waals surface area contributed by atoms with Gasteiger partial charge in [-0.1, -0.05) is 51.2 Å². The van der Waals surface area contributed by atoms with Gasteiger partial charge < -0.3 is 4.90 Å². The van der Waals surface area contributed by atoms with Crippen molar-refractivity contribution in [2.24, 2.45) is 0 Å². The lowest BCUT2D eigenvalue weighted by atomic mass is 10.1. The molecule has 0 aliphatic heterocycles. The maximum atomic E-state index is 11.8. The summed E-state index contributed by atoms with van der Waals surface area (Å²) in [5, 5.41) is 0. The van der Waals surface area contributed by atoms with Gasteiger partial charge in [0.2, 0.25) is 5.91 Å². The van der Waals surface area contributed by atoms with Crippen molar-refractivity contribution in [2.45, 2.75) is 85.0 Å². The van der Waals surface area contributed by atoms with Crippen molar-refractivity contribution in [1.29, 1.82) is 0 Å². The van der Waals surface area contributed by atoms with E-state index in [4.69, 9.17) is 0 Å². The van der Waals surface area contributed by atoms with Crippen LogP contribution in [0.15, 0.2) is 12.2 Å². The van der Waals surface area contributed by atoms with Crippen molar-refractivity contribution in [2.75, 3.05) is 13.1 Å². The number of carbonyl (C=O) groups is 1. The van der Waals surface area contributed by atoms with Crippen molar-refractivity contribution in [3.63, 3.8) is 0 Å². The summed E-state index contributed by atoms with van der Waals surface area (Å²) < 4.78 is 0. The zero-order valence-corrected chi connectivity index (χ0v) is 14.0. The van der Waals surface area contributed by atoms with E-state index in [1.807, 2.05) is 4.90 Å². The minimum Gasteiger partial charge on any atom is -0.343 e. The van der Waals surface area contributed by atoms with Gasteiger partial charge in [0, 0.05) is 19.5 Å². The summed E-state index contributed by atoms with van der Waals surface area (Å²) in [6.45, 7) is 8.03. The summed E-state index contributed by atoms with van der Waals surface area (Å²) in [5.41, 5.74) is 0. The van der Waals surface area contributed by atoms with E-state index in [2.05, 4.69) is 32.9 Å². The SMILES string of the molecule is CCCCC=CCCCCCCCC(=O)N(CC)CC. The van der Waals surface area contributed by atoms with E-state index < -0.39 is 0 Å². The maximum absolute atomic E-state index is 11.8. The molecule has 0 saturated carbocycles. The Balaban J connectivity index is 3.32. The number of rotatable bonds is 13. The van der Waals surface area contributed by atoms with Crippen LogP contribution in [0.3, 0.4) is 0 Å². The Kier molecular flexibility index (Phi) is 14.0. The highest BCUT2D eigenvalue weighted by Gasteiger charge is 2.07. The molecular weight excluding hydrogens is 246 g/mol. The first-order chi connectivity index (χ1) is 9.76. The van der Waals surface area contributed by atoms with E-state index >= 15 is 0 Å². The summed E-state index contributed by atoms with van der Waals surface area (Å²) in [5.74, 6) is 0.328. The van der Waals surface area contributed by atoms with E-state index in [0.29, 0.717) is 5.91 Å². The number of hydrogen-bond acceptors (Lipinski definition) is 1. The summed E-state index contributed by atoms with van der Waals surface area (Å²) in [6.07, 6.45) is 16.6. The quantitative estimate of drug-likeness (QED) is 0.330. The smallest absolute Gasteiger partial charge is 0.222 e. The molecule has 0 aromatic carbocycles. The predicted octanol–water partition coefficient (Wildman–Crippen LogP) is 5.33. The second-order valence-electron chi connectivity index (χ2n) is 5.49. The van der Waals surface area contributed by atoms with Crippen molar-refractivity contribution in [3.05, 3.63) is 12.2 Å². The second kappa shape index (κ2) is 14.6. The van der Waals surface area contributed by atoms with Gasteiger partial charge in [-0.25, -0.2) is 0 Å². The Labute approximate surface area is 126 Å².